The number of nitriles is 1. The molecular formula is C14H18N2O2. The summed E-state index contributed by atoms with van der Waals surface area (Å²) in [5.41, 5.74) is 0. The Morgan fingerprint density at radius 3 is 2.67 bits per heavy atom. The Balaban J connectivity index is 2.46. The van der Waals surface area contributed by atoms with E-state index in [0.717, 1.165) is 0 Å². The quantitative estimate of drug-likeness (QED) is 0.772. The van der Waals surface area contributed by atoms with Crippen LogP contribution in [-0.2, 0) is 4.79 Å². The molecule has 0 unspecified atom stereocenters. The van der Waals surface area contributed by atoms with Crippen molar-refractivity contribution in [2.24, 2.45) is 5.92 Å². The number of carbonyl (C=O) groups is 1. The molecule has 0 aliphatic carbocycles. The van der Waals surface area contributed by atoms with E-state index in [1.165, 1.54) is 0 Å². The fraction of sp³-hybridized carbons (Fsp3) is 0.429. The monoisotopic (exact) mass is 246 g/mol. The van der Waals surface area contributed by atoms with Crippen molar-refractivity contribution in [2.75, 3.05) is 19.7 Å². The van der Waals surface area contributed by atoms with Gasteiger partial charge in [-0.15, -0.1) is 0 Å². The van der Waals surface area contributed by atoms with Crippen LogP contribution in [0.3, 0.4) is 0 Å². The Labute approximate surface area is 108 Å². The highest BCUT2D eigenvalue weighted by molar-refractivity contribution is 5.77. The third kappa shape index (κ3) is 4.46. The van der Waals surface area contributed by atoms with Gasteiger partial charge in [-0.1, -0.05) is 18.2 Å². The molecule has 0 aliphatic heterocycles. The maximum Gasteiger partial charge on any atom is 0.260 e. The lowest BCUT2D eigenvalue weighted by molar-refractivity contribution is -0.133. The molecule has 0 aromatic heterocycles. The average molecular weight is 246 g/mol. The zero-order valence-electron chi connectivity index (χ0n) is 10.8. The summed E-state index contributed by atoms with van der Waals surface area (Å²) in [6.45, 7) is 4.74. The van der Waals surface area contributed by atoms with Gasteiger partial charge in [-0.05, 0) is 26.0 Å². The average Bonchev–Trinajstić information content (AvgIpc) is 2.42. The van der Waals surface area contributed by atoms with Crippen molar-refractivity contribution in [2.45, 2.75) is 13.8 Å². The van der Waals surface area contributed by atoms with Crippen LogP contribution in [0.25, 0.3) is 0 Å². The first kappa shape index (κ1) is 14.0. The summed E-state index contributed by atoms with van der Waals surface area (Å²) < 4.78 is 5.39. The molecule has 1 aromatic carbocycles. The van der Waals surface area contributed by atoms with E-state index in [9.17, 15) is 4.79 Å². The predicted molar refractivity (Wildman–Crippen MR) is 69.0 cm³/mol. The number of amides is 1. The Morgan fingerprint density at radius 1 is 1.44 bits per heavy atom. The molecule has 1 atom stereocenters. The van der Waals surface area contributed by atoms with E-state index in [1.54, 1.807) is 11.8 Å². The molecule has 0 fully saturated rings. The molecule has 1 amide bonds. The van der Waals surface area contributed by atoms with E-state index in [0.29, 0.717) is 18.8 Å². The molecule has 0 heterocycles. The Morgan fingerprint density at radius 2 is 2.11 bits per heavy atom. The lowest BCUT2D eigenvalue weighted by Crippen LogP contribution is -2.37. The van der Waals surface area contributed by atoms with Gasteiger partial charge in [0, 0.05) is 13.1 Å². The number of carbonyl (C=O) groups excluding carboxylic acids is 1. The zero-order valence-corrected chi connectivity index (χ0v) is 10.8. The van der Waals surface area contributed by atoms with Gasteiger partial charge in [-0.3, -0.25) is 4.79 Å². The number of para-hydroxylation sites is 1. The number of hydrogen-bond donors (Lipinski definition) is 0. The van der Waals surface area contributed by atoms with Crippen LogP contribution in [0, 0.1) is 17.2 Å². The molecule has 0 saturated heterocycles. The van der Waals surface area contributed by atoms with Gasteiger partial charge in [0.25, 0.3) is 5.91 Å². The van der Waals surface area contributed by atoms with Crippen molar-refractivity contribution in [1.82, 2.24) is 4.90 Å². The fourth-order valence-electron chi connectivity index (χ4n) is 1.53. The van der Waals surface area contributed by atoms with Crippen molar-refractivity contribution >= 4 is 5.91 Å². The van der Waals surface area contributed by atoms with Crippen LogP contribution in [0.4, 0.5) is 0 Å². The van der Waals surface area contributed by atoms with Crippen molar-refractivity contribution in [3.63, 3.8) is 0 Å². The smallest absolute Gasteiger partial charge is 0.260 e. The maximum absolute atomic E-state index is 11.9. The van der Waals surface area contributed by atoms with Gasteiger partial charge >= 0.3 is 0 Å². The van der Waals surface area contributed by atoms with Crippen molar-refractivity contribution in [1.29, 1.82) is 5.26 Å². The van der Waals surface area contributed by atoms with Crippen molar-refractivity contribution in [3.05, 3.63) is 30.3 Å². The van der Waals surface area contributed by atoms with E-state index >= 15 is 0 Å². The van der Waals surface area contributed by atoms with Gasteiger partial charge in [-0.2, -0.15) is 5.26 Å². The summed E-state index contributed by atoms with van der Waals surface area (Å²) in [4.78, 5) is 13.5. The van der Waals surface area contributed by atoms with Gasteiger partial charge in [0.15, 0.2) is 6.61 Å². The number of likely N-dealkylation sites (N-methyl/N-ethyl adjacent to an activating group) is 1. The number of ether oxygens (including phenoxy) is 1. The van der Waals surface area contributed by atoms with E-state index < -0.39 is 0 Å². The third-order valence-electron chi connectivity index (χ3n) is 2.55. The van der Waals surface area contributed by atoms with Gasteiger partial charge in [0.2, 0.25) is 0 Å². The first-order valence-corrected chi connectivity index (χ1v) is 6.02. The molecule has 96 valence electrons. The van der Waals surface area contributed by atoms with Crippen LogP contribution in [0.5, 0.6) is 5.75 Å². The number of nitrogens with zero attached hydrogens (tertiary/aromatic N) is 2. The fourth-order valence-corrected chi connectivity index (χ4v) is 1.53. The lowest BCUT2D eigenvalue weighted by Gasteiger charge is -2.21. The highest BCUT2D eigenvalue weighted by Gasteiger charge is 2.15. The summed E-state index contributed by atoms with van der Waals surface area (Å²) >= 11 is 0. The minimum atomic E-state index is -0.161. The van der Waals surface area contributed by atoms with Crippen LogP contribution in [-0.4, -0.2) is 30.5 Å². The van der Waals surface area contributed by atoms with Crippen molar-refractivity contribution in [3.8, 4) is 11.8 Å². The van der Waals surface area contributed by atoms with Crippen LogP contribution in [0.15, 0.2) is 30.3 Å². The molecule has 1 rings (SSSR count). The summed E-state index contributed by atoms with van der Waals surface area (Å²) in [5, 5.41) is 8.75. The highest BCUT2D eigenvalue weighted by Crippen LogP contribution is 2.08. The molecule has 1 aromatic rings. The topological polar surface area (TPSA) is 53.3 Å². The second-order valence-electron chi connectivity index (χ2n) is 4.06. The molecule has 18 heavy (non-hydrogen) atoms. The maximum atomic E-state index is 11.9. The summed E-state index contributed by atoms with van der Waals surface area (Å²) in [7, 11) is 0. The Hall–Kier alpha value is -2.02. The minimum Gasteiger partial charge on any atom is -0.484 e. The number of benzene rings is 1. The van der Waals surface area contributed by atoms with E-state index in [2.05, 4.69) is 6.07 Å². The molecule has 4 heteroatoms. The van der Waals surface area contributed by atoms with Crippen LogP contribution in [0.2, 0.25) is 0 Å². The molecule has 0 bridgehead atoms. The molecule has 0 aliphatic rings. The Bertz CT molecular complexity index is 412. The molecule has 0 N–H and O–H groups in total. The van der Waals surface area contributed by atoms with E-state index in [4.69, 9.17) is 10.00 Å². The first-order valence-electron chi connectivity index (χ1n) is 6.02. The first-order chi connectivity index (χ1) is 8.67. The minimum absolute atomic E-state index is 0.00992. The van der Waals surface area contributed by atoms with Crippen LogP contribution >= 0.6 is 0 Å². The second-order valence-corrected chi connectivity index (χ2v) is 4.06. The number of rotatable bonds is 6. The highest BCUT2D eigenvalue weighted by atomic mass is 16.5. The largest absolute Gasteiger partial charge is 0.484 e. The molecule has 4 nitrogen and oxygen atoms in total. The molecular weight excluding hydrogens is 228 g/mol. The summed E-state index contributed by atoms with van der Waals surface area (Å²) in [5.74, 6) is 0.421. The second kappa shape index (κ2) is 7.33. The molecule has 0 spiro atoms. The van der Waals surface area contributed by atoms with Gasteiger partial charge in [0.1, 0.15) is 5.75 Å². The predicted octanol–water partition coefficient (Wildman–Crippen LogP) is 2.07. The van der Waals surface area contributed by atoms with Crippen LogP contribution < -0.4 is 4.74 Å². The van der Waals surface area contributed by atoms with E-state index in [-0.39, 0.29) is 18.4 Å². The van der Waals surface area contributed by atoms with Gasteiger partial charge in [-0.25, -0.2) is 0 Å². The SMILES string of the molecule is CCN(C[C@@H](C)C#N)C(=O)COc1ccccc1. The molecule has 0 saturated carbocycles. The Kier molecular flexibility index (Phi) is 5.72. The molecule has 0 radical (unpaired) electrons. The number of hydrogen-bond acceptors (Lipinski definition) is 3. The van der Waals surface area contributed by atoms with Gasteiger partial charge in [0.05, 0.1) is 12.0 Å². The standard InChI is InChI=1S/C14H18N2O2/c1-3-16(10-12(2)9-15)14(17)11-18-13-7-5-4-6-8-13/h4-8,12H,3,10-11H2,1-2H3/t12-/m0/s1. The van der Waals surface area contributed by atoms with Gasteiger partial charge < -0.3 is 9.64 Å². The van der Waals surface area contributed by atoms with Crippen LogP contribution in [0.1, 0.15) is 13.8 Å². The van der Waals surface area contributed by atoms with E-state index in [1.807, 2.05) is 37.3 Å². The lowest BCUT2D eigenvalue weighted by atomic mass is 10.2. The zero-order chi connectivity index (χ0) is 13.4. The van der Waals surface area contributed by atoms with Crippen molar-refractivity contribution < 1.29 is 9.53 Å². The summed E-state index contributed by atoms with van der Waals surface area (Å²) in [6.07, 6.45) is 0. The normalized spacial score (nSPS) is 11.4. The summed E-state index contributed by atoms with van der Waals surface area (Å²) in [6, 6.07) is 11.3. The third-order valence-corrected chi connectivity index (χ3v) is 2.55.